The standard InChI is InChI=1S/3C4H8.C2H4O2/c3*1-4(2)3;1-2(3)4/h3*1H2,2-3H3;1H3,(H,3,4). The molecule has 0 amide bonds. The zero-order valence-electron chi connectivity index (χ0n) is 12.0. The van der Waals surface area contributed by atoms with Gasteiger partial charge in [-0.3, -0.25) is 4.79 Å². The largest absolute Gasteiger partial charge is 0.481 e. The second-order valence-corrected chi connectivity index (χ2v) is 4.14. The van der Waals surface area contributed by atoms with Crippen LogP contribution in [0.2, 0.25) is 0 Å². The second-order valence-electron chi connectivity index (χ2n) is 4.14. The van der Waals surface area contributed by atoms with E-state index in [1.807, 2.05) is 41.5 Å². The molecule has 0 aromatic carbocycles. The average Bonchev–Trinajstić information content (AvgIpc) is 1.76. The normalized spacial score (nSPS) is 6.44. The quantitative estimate of drug-likeness (QED) is 0.602. The van der Waals surface area contributed by atoms with Crippen LogP contribution in [0.5, 0.6) is 0 Å². The van der Waals surface area contributed by atoms with Gasteiger partial charge in [0.2, 0.25) is 0 Å². The molecule has 0 aliphatic carbocycles. The van der Waals surface area contributed by atoms with Gasteiger partial charge in [0.15, 0.2) is 0 Å². The van der Waals surface area contributed by atoms with Gasteiger partial charge in [-0.2, -0.15) is 0 Å². The highest BCUT2D eigenvalue weighted by Gasteiger charge is 1.65. The summed E-state index contributed by atoms with van der Waals surface area (Å²) in [7, 11) is 0. The lowest BCUT2D eigenvalue weighted by Crippen LogP contribution is -1.78. The van der Waals surface area contributed by atoms with Crippen LogP contribution in [-0.4, -0.2) is 11.1 Å². The smallest absolute Gasteiger partial charge is 0.300 e. The highest BCUT2D eigenvalue weighted by atomic mass is 16.4. The van der Waals surface area contributed by atoms with Crippen molar-refractivity contribution in [2.24, 2.45) is 0 Å². The number of allylic oxidation sites excluding steroid dienone is 3. The third-order valence-electron chi connectivity index (χ3n) is 0. The average molecular weight is 228 g/mol. The van der Waals surface area contributed by atoms with Crippen LogP contribution in [0.1, 0.15) is 48.5 Å². The third kappa shape index (κ3) is 1010. The van der Waals surface area contributed by atoms with Crippen molar-refractivity contribution in [1.29, 1.82) is 0 Å². The molecule has 0 fully saturated rings. The van der Waals surface area contributed by atoms with E-state index >= 15 is 0 Å². The predicted molar refractivity (Wildman–Crippen MR) is 74.8 cm³/mol. The van der Waals surface area contributed by atoms with E-state index in [0.29, 0.717) is 0 Å². The Bertz CT molecular complexity index is 149. The molecule has 0 bridgehead atoms. The molecular formula is C14H28O2. The lowest BCUT2D eigenvalue weighted by molar-refractivity contribution is -0.134. The highest BCUT2D eigenvalue weighted by molar-refractivity contribution is 5.62. The summed E-state index contributed by atoms with van der Waals surface area (Å²) in [5, 5.41) is 7.42. The van der Waals surface area contributed by atoms with Gasteiger partial charge in [-0.1, -0.05) is 16.7 Å². The van der Waals surface area contributed by atoms with Gasteiger partial charge in [0.25, 0.3) is 5.97 Å². The lowest BCUT2D eigenvalue weighted by Gasteiger charge is -1.65. The van der Waals surface area contributed by atoms with Gasteiger partial charge in [0.1, 0.15) is 0 Å². The number of carboxylic acids is 1. The molecular weight excluding hydrogens is 200 g/mol. The van der Waals surface area contributed by atoms with Crippen LogP contribution in [0.3, 0.4) is 0 Å². The van der Waals surface area contributed by atoms with Crippen LogP contribution < -0.4 is 0 Å². The molecule has 0 aromatic heterocycles. The van der Waals surface area contributed by atoms with Gasteiger partial charge in [-0.15, -0.1) is 19.7 Å². The van der Waals surface area contributed by atoms with Gasteiger partial charge in [-0.05, 0) is 41.5 Å². The van der Waals surface area contributed by atoms with Crippen LogP contribution in [0.4, 0.5) is 0 Å². The Labute approximate surface area is 101 Å². The Kier molecular flexibility index (Phi) is 29.0. The van der Waals surface area contributed by atoms with Crippen molar-refractivity contribution in [2.75, 3.05) is 0 Å². The molecule has 2 nitrogen and oxygen atoms in total. The molecule has 0 saturated heterocycles. The number of hydrogen-bond acceptors (Lipinski definition) is 1. The van der Waals surface area contributed by atoms with E-state index in [2.05, 4.69) is 19.7 Å². The van der Waals surface area contributed by atoms with Gasteiger partial charge in [0.05, 0.1) is 0 Å². The molecule has 0 radical (unpaired) electrons. The number of carbonyl (C=O) groups is 1. The number of carboxylic acid groups (broad SMARTS) is 1. The minimum atomic E-state index is -0.833. The molecule has 0 aliphatic rings. The van der Waals surface area contributed by atoms with E-state index in [9.17, 15) is 0 Å². The summed E-state index contributed by atoms with van der Waals surface area (Å²) in [6, 6.07) is 0. The summed E-state index contributed by atoms with van der Waals surface area (Å²) >= 11 is 0. The highest BCUT2D eigenvalue weighted by Crippen LogP contribution is 1.74. The number of hydrogen-bond donors (Lipinski definition) is 1. The molecule has 0 rings (SSSR count). The van der Waals surface area contributed by atoms with Crippen molar-refractivity contribution in [2.45, 2.75) is 48.5 Å². The summed E-state index contributed by atoms with van der Waals surface area (Å²) < 4.78 is 0. The molecule has 0 saturated carbocycles. The van der Waals surface area contributed by atoms with Crippen LogP contribution in [0.25, 0.3) is 0 Å². The van der Waals surface area contributed by atoms with Crippen molar-refractivity contribution in [3.8, 4) is 0 Å². The summed E-state index contributed by atoms with van der Waals surface area (Å²) in [5.74, 6) is -0.833. The molecule has 0 aliphatic heterocycles. The maximum Gasteiger partial charge on any atom is 0.300 e. The molecule has 0 aromatic rings. The summed E-state index contributed by atoms with van der Waals surface area (Å²) in [6.07, 6.45) is 0. The molecule has 1 N–H and O–H groups in total. The molecule has 16 heavy (non-hydrogen) atoms. The van der Waals surface area contributed by atoms with E-state index in [1.54, 1.807) is 0 Å². The van der Waals surface area contributed by atoms with E-state index in [0.717, 1.165) is 6.92 Å². The molecule has 2 heteroatoms. The molecule has 96 valence electrons. The predicted octanol–water partition coefficient (Wildman–Crippen LogP) is 4.84. The second kappa shape index (κ2) is 19.3. The van der Waals surface area contributed by atoms with E-state index in [-0.39, 0.29) is 0 Å². The topological polar surface area (TPSA) is 37.3 Å². The van der Waals surface area contributed by atoms with Crippen LogP contribution in [0.15, 0.2) is 36.5 Å². The SMILES string of the molecule is C=C(C)C.C=C(C)C.C=C(C)C.CC(=O)O. The third-order valence-corrected chi connectivity index (χ3v) is 0. The molecule has 0 spiro atoms. The van der Waals surface area contributed by atoms with Crippen LogP contribution in [0, 0.1) is 0 Å². The fourth-order valence-electron chi connectivity index (χ4n) is 0. The van der Waals surface area contributed by atoms with Crippen molar-refractivity contribution in [3.63, 3.8) is 0 Å². The summed E-state index contributed by atoms with van der Waals surface area (Å²) in [5.41, 5.74) is 3.50. The number of rotatable bonds is 0. The van der Waals surface area contributed by atoms with Crippen molar-refractivity contribution >= 4 is 5.97 Å². The Hall–Kier alpha value is -1.31. The Morgan fingerprint density at radius 3 is 0.688 bits per heavy atom. The minimum Gasteiger partial charge on any atom is -0.481 e. The Morgan fingerprint density at radius 2 is 0.688 bits per heavy atom. The maximum absolute atomic E-state index is 9.00. The lowest BCUT2D eigenvalue weighted by atomic mass is 10.4. The summed E-state index contributed by atoms with van der Waals surface area (Å²) in [6.45, 7) is 23.6. The zero-order valence-corrected chi connectivity index (χ0v) is 12.0. The molecule has 0 unspecified atom stereocenters. The minimum absolute atomic E-state index is 0.833. The maximum atomic E-state index is 9.00. The first kappa shape index (κ1) is 24.1. The first-order chi connectivity index (χ1) is 6.93. The van der Waals surface area contributed by atoms with E-state index in [1.165, 1.54) is 16.7 Å². The fraction of sp³-hybridized carbons (Fsp3) is 0.500. The fourth-order valence-corrected chi connectivity index (χ4v) is 0. The van der Waals surface area contributed by atoms with Crippen LogP contribution in [-0.2, 0) is 4.79 Å². The van der Waals surface area contributed by atoms with Crippen molar-refractivity contribution < 1.29 is 9.90 Å². The summed E-state index contributed by atoms with van der Waals surface area (Å²) in [4.78, 5) is 9.00. The van der Waals surface area contributed by atoms with Crippen molar-refractivity contribution in [1.82, 2.24) is 0 Å². The van der Waals surface area contributed by atoms with Gasteiger partial charge < -0.3 is 5.11 Å². The van der Waals surface area contributed by atoms with Gasteiger partial charge >= 0.3 is 0 Å². The number of aliphatic carboxylic acids is 1. The first-order valence-corrected chi connectivity index (χ1v) is 4.99. The Balaban J connectivity index is -0.0000000600. The van der Waals surface area contributed by atoms with E-state index < -0.39 is 5.97 Å². The van der Waals surface area contributed by atoms with E-state index in [4.69, 9.17) is 9.90 Å². The first-order valence-electron chi connectivity index (χ1n) is 4.99. The monoisotopic (exact) mass is 228 g/mol. The molecule has 0 heterocycles. The van der Waals surface area contributed by atoms with Gasteiger partial charge in [0, 0.05) is 6.92 Å². The van der Waals surface area contributed by atoms with Crippen LogP contribution >= 0.6 is 0 Å². The molecule has 0 atom stereocenters. The zero-order chi connectivity index (χ0) is 14.3. The van der Waals surface area contributed by atoms with Crippen molar-refractivity contribution in [3.05, 3.63) is 36.5 Å². The Morgan fingerprint density at radius 1 is 0.688 bits per heavy atom. The van der Waals surface area contributed by atoms with Gasteiger partial charge in [-0.25, -0.2) is 0 Å².